The first kappa shape index (κ1) is 15.8. The van der Waals surface area contributed by atoms with Crippen LogP contribution in [0, 0.1) is 0 Å². The second-order valence-electron chi connectivity index (χ2n) is 6.39. The quantitative estimate of drug-likeness (QED) is 0.922. The first-order chi connectivity index (χ1) is 11.2. The van der Waals surface area contributed by atoms with Gasteiger partial charge in [0.25, 0.3) is 5.91 Å². The van der Waals surface area contributed by atoms with Gasteiger partial charge in [-0.25, -0.2) is 0 Å². The Labute approximate surface area is 138 Å². The summed E-state index contributed by atoms with van der Waals surface area (Å²) in [6, 6.07) is 12.4. The number of hydrogen-bond acceptors (Lipinski definition) is 2. The van der Waals surface area contributed by atoms with E-state index in [1.807, 2.05) is 48.8 Å². The summed E-state index contributed by atoms with van der Waals surface area (Å²) in [6.07, 6.45) is 7.79. The zero-order valence-corrected chi connectivity index (χ0v) is 13.7. The zero-order valence-electron chi connectivity index (χ0n) is 13.7. The van der Waals surface area contributed by atoms with Crippen molar-refractivity contribution in [2.24, 2.45) is 0 Å². The van der Waals surface area contributed by atoms with Crippen molar-refractivity contribution >= 4 is 5.91 Å². The smallest absolute Gasteiger partial charge is 0.251 e. The van der Waals surface area contributed by atoms with E-state index in [0.29, 0.717) is 6.04 Å². The van der Waals surface area contributed by atoms with Gasteiger partial charge in [-0.3, -0.25) is 4.79 Å². The van der Waals surface area contributed by atoms with E-state index in [4.69, 9.17) is 0 Å². The van der Waals surface area contributed by atoms with Crippen molar-refractivity contribution in [2.75, 3.05) is 20.1 Å². The molecule has 1 fully saturated rings. The Bertz CT molecular complexity index is 619. The number of amides is 1. The van der Waals surface area contributed by atoms with Gasteiger partial charge in [-0.15, -0.1) is 0 Å². The fourth-order valence-corrected chi connectivity index (χ4v) is 3.16. The van der Waals surface area contributed by atoms with E-state index in [9.17, 15) is 4.79 Å². The van der Waals surface area contributed by atoms with Gasteiger partial charge < -0.3 is 14.8 Å². The molecule has 0 saturated carbocycles. The number of likely N-dealkylation sites (N-methyl/N-ethyl adjacent to an activating group) is 1. The van der Waals surface area contributed by atoms with Crippen LogP contribution >= 0.6 is 0 Å². The Morgan fingerprint density at radius 1 is 1.17 bits per heavy atom. The number of aromatic nitrogens is 1. The lowest BCUT2D eigenvalue weighted by atomic mass is 10.0. The Hall–Kier alpha value is -2.07. The molecule has 0 unspecified atom stereocenters. The summed E-state index contributed by atoms with van der Waals surface area (Å²) in [5.41, 5.74) is 1.93. The van der Waals surface area contributed by atoms with Gasteiger partial charge in [-0.05, 0) is 56.3 Å². The molecular formula is C19H25N3O. The van der Waals surface area contributed by atoms with Crippen molar-refractivity contribution in [2.45, 2.75) is 31.8 Å². The van der Waals surface area contributed by atoms with Gasteiger partial charge in [0.05, 0.1) is 0 Å². The molecule has 1 saturated heterocycles. The highest BCUT2D eigenvalue weighted by atomic mass is 16.1. The Morgan fingerprint density at radius 2 is 1.91 bits per heavy atom. The van der Waals surface area contributed by atoms with E-state index in [0.717, 1.165) is 25.2 Å². The van der Waals surface area contributed by atoms with Crippen LogP contribution in [0.25, 0.3) is 0 Å². The van der Waals surface area contributed by atoms with E-state index in [1.165, 1.54) is 24.8 Å². The Balaban J connectivity index is 1.53. The van der Waals surface area contributed by atoms with E-state index in [-0.39, 0.29) is 5.91 Å². The van der Waals surface area contributed by atoms with Crippen molar-refractivity contribution in [1.29, 1.82) is 0 Å². The summed E-state index contributed by atoms with van der Waals surface area (Å²) >= 11 is 0. The number of carbonyl (C=O) groups is 1. The van der Waals surface area contributed by atoms with Crippen LogP contribution in [0.5, 0.6) is 0 Å². The number of piperidine rings is 1. The molecule has 1 aromatic heterocycles. The maximum Gasteiger partial charge on any atom is 0.251 e. The molecule has 1 atom stereocenters. The molecule has 3 rings (SSSR count). The number of nitrogens with zero attached hydrogens (tertiary/aromatic N) is 2. The van der Waals surface area contributed by atoms with Crippen LogP contribution in [0.2, 0.25) is 0 Å². The summed E-state index contributed by atoms with van der Waals surface area (Å²) < 4.78 is 2.12. The molecule has 1 amide bonds. The number of rotatable bonds is 5. The third kappa shape index (κ3) is 4.23. The zero-order chi connectivity index (χ0) is 16.1. The summed E-state index contributed by atoms with van der Waals surface area (Å²) in [4.78, 5) is 14.6. The molecule has 122 valence electrons. The van der Waals surface area contributed by atoms with E-state index in [1.54, 1.807) is 0 Å². The number of likely N-dealkylation sites (tertiary alicyclic amines) is 1. The first-order valence-corrected chi connectivity index (χ1v) is 8.40. The fraction of sp³-hybridized carbons (Fsp3) is 0.421. The minimum absolute atomic E-state index is 0.0245. The maximum absolute atomic E-state index is 12.3. The molecule has 0 spiro atoms. The van der Waals surface area contributed by atoms with Gasteiger partial charge in [0.15, 0.2) is 0 Å². The van der Waals surface area contributed by atoms with Crippen molar-refractivity contribution in [3.05, 3.63) is 59.9 Å². The van der Waals surface area contributed by atoms with Crippen LogP contribution in [0.3, 0.4) is 0 Å². The summed E-state index contributed by atoms with van der Waals surface area (Å²) in [5, 5.41) is 3.08. The van der Waals surface area contributed by atoms with E-state index >= 15 is 0 Å². The number of hydrogen-bond donors (Lipinski definition) is 1. The highest BCUT2D eigenvalue weighted by Gasteiger charge is 2.19. The van der Waals surface area contributed by atoms with E-state index < -0.39 is 0 Å². The van der Waals surface area contributed by atoms with E-state index in [2.05, 4.69) is 21.8 Å². The predicted molar refractivity (Wildman–Crippen MR) is 92.6 cm³/mol. The maximum atomic E-state index is 12.3. The molecule has 0 aliphatic carbocycles. The average Bonchev–Trinajstić information content (AvgIpc) is 3.07. The number of nitrogens with one attached hydrogen (secondary N) is 1. The second-order valence-corrected chi connectivity index (χ2v) is 6.39. The van der Waals surface area contributed by atoms with Crippen molar-refractivity contribution in [3.8, 4) is 0 Å². The number of carbonyl (C=O) groups excluding carboxylic acids is 1. The van der Waals surface area contributed by atoms with Gasteiger partial charge in [0, 0.05) is 37.1 Å². The first-order valence-electron chi connectivity index (χ1n) is 8.40. The van der Waals surface area contributed by atoms with Crippen molar-refractivity contribution in [3.63, 3.8) is 0 Å². The molecule has 1 aliphatic rings. The molecule has 2 heterocycles. The molecular weight excluding hydrogens is 286 g/mol. The van der Waals surface area contributed by atoms with Crippen molar-refractivity contribution in [1.82, 2.24) is 14.8 Å². The molecule has 4 nitrogen and oxygen atoms in total. The normalized spacial score (nSPS) is 18.7. The Morgan fingerprint density at radius 3 is 2.61 bits per heavy atom. The standard InChI is InChI=1S/C19H25N3O/c1-21-11-3-2-6-18(21)14-20-19(23)17-9-7-16(8-10-17)15-22-12-4-5-13-22/h4-5,7-10,12-13,18H,2-3,6,11,14-15H2,1H3,(H,20,23)/t18-/m0/s1. The molecule has 0 bridgehead atoms. The Kier molecular flexibility index (Phi) is 5.13. The summed E-state index contributed by atoms with van der Waals surface area (Å²) in [5.74, 6) is 0.0245. The average molecular weight is 311 g/mol. The minimum atomic E-state index is 0.0245. The molecule has 2 aromatic rings. The lowest BCUT2D eigenvalue weighted by Gasteiger charge is -2.32. The summed E-state index contributed by atoms with van der Waals surface area (Å²) in [6.45, 7) is 2.71. The van der Waals surface area contributed by atoms with Gasteiger partial charge in [-0.1, -0.05) is 18.6 Å². The molecule has 1 aromatic carbocycles. The molecule has 1 aliphatic heterocycles. The van der Waals surface area contributed by atoms with Crippen LogP contribution in [0.15, 0.2) is 48.8 Å². The number of benzene rings is 1. The van der Waals surface area contributed by atoms with Crippen LogP contribution in [0.1, 0.15) is 35.2 Å². The van der Waals surface area contributed by atoms with Crippen LogP contribution in [-0.4, -0.2) is 41.6 Å². The van der Waals surface area contributed by atoms with Crippen LogP contribution in [-0.2, 0) is 6.54 Å². The van der Waals surface area contributed by atoms with Crippen molar-refractivity contribution < 1.29 is 4.79 Å². The lowest BCUT2D eigenvalue weighted by molar-refractivity contribution is 0.0928. The third-order valence-electron chi connectivity index (χ3n) is 4.67. The van der Waals surface area contributed by atoms with Gasteiger partial charge in [0.2, 0.25) is 0 Å². The highest BCUT2D eigenvalue weighted by Crippen LogP contribution is 2.14. The van der Waals surface area contributed by atoms with Gasteiger partial charge >= 0.3 is 0 Å². The molecule has 23 heavy (non-hydrogen) atoms. The largest absolute Gasteiger partial charge is 0.350 e. The second kappa shape index (κ2) is 7.47. The van der Waals surface area contributed by atoms with Crippen LogP contribution < -0.4 is 5.32 Å². The van der Waals surface area contributed by atoms with Gasteiger partial charge in [-0.2, -0.15) is 0 Å². The molecule has 0 radical (unpaired) electrons. The minimum Gasteiger partial charge on any atom is -0.350 e. The fourth-order valence-electron chi connectivity index (χ4n) is 3.16. The lowest BCUT2D eigenvalue weighted by Crippen LogP contribution is -2.44. The predicted octanol–water partition coefficient (Wildman–Crippen LogP) is 2.75. The highest BCUT2D eigenvalue weighted by molar-refractivity contribution is 5.94. The van der Waals surface area contributed by atoms with Crippen LogP contribution in [0.4, 0.5) is 0 Å². The van der Waals surface area contributed by atoms with Gasteiger partial charge in [0.1, 0.15) is 0 Å². The third-order valence-corrected chi connectivity index (χ3v) is 4.67. The molecule has 4 heteroatoms. The SMILES string of the molecule is CN1CCCC[C@H]1CNC(=O)c1ccc(Cn2cccc2)cc1. The monoisotopic (exact) mass is 311 g/mol. The summed E-state index contributed by atoms with van der Waals surface area (Å²) in [7, 11) is 2.14. The molecule has 1 N–H and O–H groups in total. The topological polar surface area (TPSA) is 37.3 Å².